The summed E-state index contributed by atoms with van der Waals surface area (Å²) in [6.07, 6.45) is 6.26. The van der Waals surface area contributed by atoms with Gasteiger partial charge in [-0.05, 0) is 24.5 Å². The number of halogens is 8. The summed E-state index contributed by atoms with van der Waals surface area (Å²) >= 11 is 0.276. The van der Waals surface area contributed by atoms with E-state index in [2.05, 4.69) is 5.92 Å². The maximum Gasteiger partial charge on any atom is 0.205 e. The van der Waals surface area contributed by atoms with Gasteiger partial charge in [0.05, 0.1) is 16.0 Å². The molecule has 0 unspecified atom stereocenters. The Bertz CT molecular complexity index is 1190. The van der Waals surface area contributed by atoms with Crippen molar-refractivity contribution in [1.29, 1.82) is 0 Å². The van der Waals surface area contributed by atoms with Crippen molar-refractivity contribution in [2.45, 2.75) is 4.90 Å². The topological polar surface area (TPSA) is 9.23 Å². The van der Waals surface area contributed by atoms with Crippen LogP contribution in [0.15, 0.2) is 29.2 Å². The van der Waals surface area contributed by atoms with Crippen LogP contribution in [-0.4, -0.2) is 6.26 Å². The summed E-state index contributed by atoms with van der Waals surface area (Å²) < 4.78 is 120. The van der Waals surface area contributed by atoms with Gasteiger partial charge in [-0.2, -0.15) is 8.78 Å². The second-order valence-corrected chi connectivity index (χ2v) is 6.71. The Hall–Kier alpha value is -3.19. The minimum atomic E-state index is -2.32. The van der Waals surface area contributed by atoms with Gasteiger partial charge in [-0.1, -0.05) is 12.0 Å². The fraction of sp³-hybridized carbons (Fsp3) is 0.0476. The first-order valence-electron chi connectivity index (χ1n) is 8.14. The van der Waals surface area contributed by atoms with E-state index >= 15 is 0 Å². The van der Waals surface area contributed by atoms with E-state index in [1.54, 1.807) is 0 Å². The van der Waals surface area contributed by atoms with Crippen LogP contribution in [-0.2, 0) is 0 Å². The van der Waals surface area contributed by atoms with Gasteiger partial charge in [0.25, 0.3) is 0 Å². The predicted molar refractivity (Wildman–Crippen MR) is 97.8 cm³/mol. The van der Waals surface area contributed by atoms with E-state index in [4.69, 9.17) is 11.2 Å². The molecule has 0 fully saturated rings. The number of rotatable bonds is 4. The molecule has 31 heavy (non-hydrogen) atoms. The van der Waals surface area contributed by atoms with Gasteiger partial charge >= 0.3 is 0 Å². The Labute approximate surface area is 174 Å². The maximum atomic E-state index is 14.6. The Balaban J connectivity index is 2.26. The second-order valence-electron chi connectivity index (χ2n) is 5.90. The molecule has 0 aliphatic carbocycles. The average Bonchev–Trinajstić information content (AvgIpc) is 2.77. The van der Waals surface area contributed by atoms with Crippen LogP contribution in [0.1, 0.15) is 5.56 Å². The third-order valence-corrected chi connectivity index (χ3v) is 4.89. The first kappa shape index (κ1) is 22.5. The molecule has 0 aliphatic heterocycles. The highest BCUT2D eigenvalue weighted by Gasteiger charge is 2.34. The molecule has 0 saturated carbocycles. The molecule has 0 bridgehead atoms. The van der Waals surface area contributed by atoms with Crippen LogP contribution in [0.25, 0.3) is 11.1 Å². The Kier molecular flexibility index (Phi) is 6.18. The van der Waals surface area contributed by atoms with Gasteiger partial charge < -0.3 is 4.74 Å². The Morgan fingerprint density at radius 2 is 1.23 bits per heavy atom. The predicted octanol–water partition coefficient (Wildman–Crippen LogP) is 6.96. The van der Waals surface area contributed by atoms with Crippen molar-refractivity contribution >= 4 is 11.8 Å². The van der Waals surface area contributed by atoms with E-state index in [0.717, 1.165) is 18.4 Å². The molecule has 0 radical (unpaired) electrons. The van der Waals surface area contributed by atoms with Crippen LogP contribution in [0.2, 0.25) is 0 Å². The molecule has 10 heteroatoms. The van der Waals surface area contributed by atoms with Crippen LogP contribution in [0.5, 0.6) is 11.5 Å². The van der Waals surface area contributed by atoms with Crippen molar-refractivity contribution in [1.82, 2.24) is 0 Å². The lowest BCUT2D eigenvalue weighted by Gasteiger charge is -2.15. The summed E-state index contributed by atoms with van der Waals surface area (Å²) in [6.45, 7) is 0. The standard InChI is InChI=1S/C21H8F8OS/c1-3-8-5-4-6-9(7-8)30-20-16(26)12(22)10(13(23)17(20)27)11-14(24)18(28)21(31-2)19(29)15(11)25/h1,4-7H,2H3. The molecule has 1 nitrogen and oxygen atoms in total. The zero-order valence-corrected chi connectivity index (χ0v) is 16.0. The smallest absolute Gasteiger partial charge is 0.205 e. The number of benzene rings is 3. The average molecular weight is 460 g/mol. The summed E-state index contributed by atoms with van der Waals surface area (Å²) in [4.78, 5) is -1.12. The number of terminal acetylenes is 1. The van der Waals surface area contributed by atoms with Crippen molar-refractivity contribution in [3.63, 3.8) is 0 Å². The largest absolute Gasteiger partial charge is 0.451 e. The highest BCUT2D eigenvalue weighted by Crippen LogP contribution is 2.42. The molecule has 3 rings (SSSR count). The Morgan fingerprint density at radius 3 is 1.68 bits per heavy atom. The molecule has 0 N–H and O–H groups in total. The van der Waals surface area contributed by atoms with Gasteiger partial charge in [0, 0.05) is 5.56 Å². The summed E-state index contributed by atoms with van der Waals surface area (Å²) in [5.74, 6) is -17.1. The first-order chi connectivity index (χ1) is 14.6. The molecule has 0 heterocycles. The van der Waals surface area contributed by atoms with Gasteiger partial charge in [0.2, 0.25) is 17.4 Å². The fourth-order valence-corrected chi connectivity index (χ4v) is 3.24. The summed E-state index contributed by atoms with van der Waals surface area (Å²) in [5, 5.41) is 0. The van der Waals surface area contributed by atoms with Crippen LogP contribution in [0.4, 0.5) is 35.1 Å². The van der Waals surface area contributed by atoms with E-state index in [-0.39, 0.29) is 23.1 Å². The molecule has 0 atom stereocenters. The van der Waals surface area contributed by atoms with Gasteiger partial charge in [-0.25, -0.2) is 26.3 Å². The molecule has 0 aromatic heterocycles. The van der Waals surface area contributed by atoms with Crippen molar-refractivity contribution in [2.24, 2.45) is 0 Å². The Morgan fingerprint density at radius 1 is 0.742 bits per heavy atom. The third-order valence-electron chi connectivity index (χ3n) is 4.12. The SMILES string of the molecule is C#Cc1cccc(Oc2c(F)c(F)c(-c3c(F)c(F)c(SC)c(F)c3F)c(F)c2F)c1. The molecule has 0 amide bonds. The quantitative estimate of drug-likeness (QED) is 0.180. The fourth-order valence-electron chi connectivity index (χ4n) is 2.70. The van der Waals surface area contributed by atoms with Gasteiger partial charge in [-0.15, -0.1) is 18.2 Å². The number of thioether (sulfide) groups is 1. The van der Waals surface area contributed by atoms with E-state index < -0.39 is 68.3 Å². The molecule has 0 aliphatic rings. The maximum absolute atomic E-state index is 14.6. The van der Waals surface area contributed by atoms with E-state index in [0.29, 0.717) is 0 Å². The number of hydrogen-bond donors (Lipinski definition) is 0. The summed E-state index contributed by atoms with van der Waals surface area (Å²) in [6, 6.07) is 5.03. The van der Waals surface area contributed by atoms with Crippen molar-refractivity contribution in [2.75, 3.05) is 6.26 Å². The van der Waals surface area contributed by atoms with Crippen LogP contribution < -0.4 is 4.74 Å². The molecule has 0 spiro atoms. The molecule has 3 aromatic rings. The van der Waals surface area contributed by atoms with Gasteiger partial charge in [-0.3, -0.25) is 0 Å². The molecular formula is C21H8F8OS. The zero-order chi connectivity index (χ0) is 23.0. The molecule has 3 aromatic carbocycles. The van der Waals surface area contributed by atoms with Crippen LogP contribution in [0.3, 0.4) is 0 Å². The minimum Gasteiger partial charge on any atom is -0.451 e. The van der Waals surface area contributed by atoms with E-state index in [1.165, 1.54) is 12.1 Å². The highest BCUT2D eigenvalue weighted by atomic mass is 32.2. The van der Waals surface area contributed by atoms with Crippen LogP contribution >= 0.6 is 11.8 Å². The van der Waals surface area contributed by atoms with Crippen molar-refractivity contribution in [3.05, 3.63) is 76.4 Å². The lowest BCUT2D eigenvalue weighted by Crippen LogP contribution is -2.09. The van der Waals surface area contributed by atoms with Gasteiger partial charge in [0.1, 0.15) is 5.75 Å². The first-order valence-corrected chi connectivity index (χ1v) is 9.37. The summed E-state index contributed by atoms with van der Waals surface area (Å²) in [5.41, 5.74) is -3.71. The highest BCUT2D eigenvalue weighted by molar-refractivity contribution is 7.98. The molecular weight excluding hydrogens is 452 g/mol. The second kappa shape index (κ2) is 8.51. The number of ether oxygens (including phenoxy) is 1. The van der Waals surface area contributed by atoms with Gasteiger partial charge in [0.15, 0.2) is 34.9 Å². The molecule has 160 valence electrons. The summed E-state index contributed by atoms with van der Waals surface area (Å²) in [7, 11) is 0. The van der Waals surface area contributed by atoms with E-state index in [9.17, 15) is 35.1 Å². The van der Waals surface area contributed by atoms with Crippen molar-refractivity contribution in [3.8, 4) is 35.0 Å². The van der Waals surface area contributed by atoms with E-state index in [1.807, 2.05) is 0 Å². The third kappa shape index (κ3) is 3.70. The lowest BCUT2D eigenvalue weighted by molar-refractivity contribution is 0.366. The monoisotopic (exact) mass is 460 g/mol. The molecule has 0 saturated heterocycles. The lowest BCUT2D eigenvalue weighted by atomic mass is 10.0. The normalized spacial score (nSPS) is 10.8. The zero-order valence-electron chi connectivity index (χ0n) is 15.2. The van der Waals surface area contributed by atoms with Crippen LogP contribution in [0, 0.1) is 58.9 Å². The number of hydrogen-bond acceptors (Lipinski definition) is 2. The van der Waals surface area contributed by atoms with Crippen molar-refractivity contribution < 1.29 is 39.9 Å². The minimum absolute atomic E-state index is 0.208.